The number of rotatable bonds is 6. The van der Waals surface area contributed by atoms with Crippen LogP contribution >= 0.6 is 0 Å². The maximum Gasteiger partial charge on any atom is 0.330 e. The summed E-state index contributed by atoms with van der Waals surface area (Å²) in [5.41, 5.74) is 0. The highest BCUT2D eigenvalue weighted by Crippen LogP contribution is 1.91. The first kappa shape index (κ1) is 11.4. The lowest BCUT2D eigenvalue weighted by Crippen LogP contribution is -2.03. The van der Waals surface area contributed by atoms with E-state index < -0.39 is 0 Å². The van der Waals surface area contributed by atoms with Gasteiger partial charge in [0.25, 0.3) is 0 Å². The van der Waals surface area contributed by atoms with Crippen molar-refractivity contribution in [2.45, 2.75) is 19.8 Å². The minimum absolute atomic E-state index is 0.260. The van der Waals surface area contributed by atoms with Crippen molar-refractivity contribution in [2.75, 3.05) is 13.2 Å². The average molecular weight is 188 g/mol. The molecule has 0 aliphatic carbocycles. The maximum absolute atomic E-state index is 10.7. The minimum Gasteiger partial charge on any atom is -0.463 e. The van der Waals surface area contributed by atoms with Crippen molar-refractivity contribution in [1.29, 1.82) is 0 Å². The predicted octanol–water partition coefficient (Wildman–Crippen LogP) is 0.183. The van der Waals surface area contributed by atoms with Crippen molar-refractivity contribution in [2.24, 2.45) is 0 Å². The van der Waals surface area contributed by atoms with E-state index in [9.17, 15) is 4.79 Å². The fraction of sp³-hybridized carbons (Fsp3) is 0.625. The molecule has 4 heteroatoms. The van der Waals surface area contributed by atoms with E-state index in [1.165, 1.54) is 6.08 Å². The highest BCUT2D eigenvalue weighted by atomic mass is 28.2. The van der Waals surface area contributed by atoms with Crippen molar-refractivity contribution < 1.29 is 14.0 Å². The second kappa shape index (κ2) is 8.48. The van der Waals surface area contributed by atoms with Gasteiger partial charge in [0, 0.05) is 12.7 Å². The fourth-order valence-electron chi connectivity index (χ4n) is 0.705. The maximum atomic E-state index is 10.7. The summed E-state index contributed by atoms with van der Waals surface area (Å²) in [6, 6.07) is 0. The van der Waals surface area contributed by atoms with Crippen LogP contribution in [0.1, 0.15) is 19.8 Å². The molecule has 12 heavy (non-hydrogen) atoms. The molecule has 0 rings (SSSR count). The van der Waals surface area contributed by atoms with Gasteiger partial charge in [-0.3, -0.25) is 0 Å². The highest BCUT2D eigenvalue weighted by Gasteiger charge is 1.94. The number of esters is 1. The van der Waals surface area contributed by atoms with Crippen molar-refractivity contribution in [3.8, 4) is 0 Å². The Morgan fingerprint density at radius 2 is 2.08 bits per heavy atom. The van der Waals surface area contributed by atoms with Crippen molar-refractivity contribution in [1.82, 2.24) is 0 Å². The lowest BCUT2D eigenvalue weighted by atomic mass is 10.3. The summed E-state index contributed by atoms with van der Waals surface area (Å²) in [6.07, 6.45) is 4.93. The van der Waals surface area contributed by atoms with Crippen LogP contribution in [0.2, 0.25) is 0 Å². The second-order valence-corrected chi connectivity index (χ2v) is 2.94. The Kier molecular flexibility index (Phi) is 8.05. The van der Waals surface area contributed by atoms with Crippen molar-refractivity contribution in [3.63, 3.8) is 0 Å². The van der Waals surface area contributed by atoms with Gasteiger partial charge in [-0.2, -0.15) is 0 Å². The molecule has 0 amide bonds. The van der Waals surface area contributed by atoms with Gasteiger partial charge in [0.15, 0.2) is 0 Å². The molecule has 0 aromatic rings. The van der Waals surface area contributed by atoms with E-state index >= 15 is 0 Å². The third-order valence-electron chi connectivity index (χ3n) is 1.29. The molecule has 0 spiro atoms. The number of carbonyl (C=O) groups excluding carboxylic acids is 1. The molecule has 0 atom stereocenters. The first-order chi connectivity index (χ1) is 5.81. The van der Waals surface area contributed by atoms with Crippen LogP contribution in [0.4, 0.5) is 0 Å². The normalized spacial score (nSPS) is 10.8. The molecule has 0 aromatic carbocycles. The number of unbranched alkanes of at least 4 members (excludes halogenated alkanes) is 1. The van der Waals surface area contributed by atoms with E-state index in [4.69, 9.17) is 9.16 Å². The molecule has 0 aromatic heterocycles. The van der Waals surface area contributed by atoms with Crippen LogP contribution in [0.25, 0.3) is 0 Å². The molecular weight excluding hydrogens is 172 g/mol. The quantitative estimate of drug-likeness (QED) is 0.258. The summed E-state index contributed by atoms with van der Waals surface area (Å²) in [7, 11) is 0.786. The van der Waals surface area contributed by atoms with Gasteiger partial charge in [-0.05, 0) is 19.8 Å². The monoisotopic (exact) mass is 188 g/mol. The van der Waals surface area contributed by atoms with Crippen LogP contribution < -0.4 is 0 Å². The van der Waals surface area contributed by atoms with Crippen LogP contribution in [-0.4, -0.2) is 29.7 Å². The van der Waals surface area contributed by atoms with Crippen LogP contribution in [0.15, 0.2) is 12.2 Å². The number of hydrogen-bond donors (Lipinski definition) is 0. The Hall–Kier alpha value is -0.613. The largest absolute Gasteiger partial charge is 0.463 e. The Balaban J connectivity index is 3.14. The number of hydrogen-bond acceptors (Lipinski definition) is 3. The fourth-order valence-corrected chi connectivity index (χ4v) is 0.994. The molecule has 3 nitrogen and oxygen atoms in total. The van der Waals surface area contributed by atoms with E-state index in [0.717, 1.165) is 29.9 Å². The van der Waals surface area contributed by atoms with Gasteiger partial charge >= 0.3 is 5.97 Å². The van der Waals surface area contributed by atoms with Gasteiger partial charge in [0.2, 0.25) is 0 Å². The summed E-state index contributed by atoms with van der Waals surface area (Å²) < 4.78 is 9.84. The predicted molar refractivity (Wildman–Crippen MR) is 50.9 cm³/mol. The molecular formula is C8H16O3Si. The third-order valence-corrected chi connectivity index (χ3v) is 1.70. The molecule has 0 bridgehead atoms. The Morgan fingerprint density at radius 3 is 2.67 bits per heavy atom. The van der Waals surface area contributed by atoms with E-state index in [2.05, 4.69) is 0 Å². The SMILES string of the molecule is CC=CC(=O)OCCCCO[SiH3]. The smallest absolute Gasteiger partial charge is 0.330 e. The summed E-state index contributed by atoms with van der Waals surface area (Å²) >= 11 is 0. The average Bonchev–Trinajstić information content (AvgIpc) is 2.05. The topological polar surface area (TPSA) is 35.5 Å². The summed E-state index contributed by atoms with van der Waals surface area (Å²) in [5.74, 6) is -0.260. The lowest BCUT2D eigenvalue weighted by Gasteiger charge is -2.00. The van der Waals surface area contributed by atoms with Crippen molar-refractivity contribution >= 4 is 16.5 Å². The molecule has 0 aliphatic rings. The molecule has 0 saturated carbocycles. The zero-order chi connectivity index (χ0) is 9.23. The van der Waals surface area contributed by atoms with E-state index in [1.807, 2.05) is 0 Å². The number of allylic oxidation sites excluding steroid dienone is 1. The van der Waals surface area contributed by atoms with Crippen LogP contribution in [0, 0.1) is 0 Å². The Bertz CT molecular complexity index is 145. The van der Waals surface area contributed by atoms with E-state index in [0.29, 0.717) is 6.61 Å². The van der Waals surface area contributed by atoms with Crippen molar-refractivity contribution in [3.05, 3.63) is 12.2 Å². The van der Waals surface area contributed by atoms with Gasteiger partial charge in [0.05, 0.1) is 6.61 Å². The molecule has 0 heterocycles. The standard InChI is InChI=1S/C8H16O3Si/c1-2-5-8(9)10-6-3-4-7-11-12/h2,5H,3-4,6-7H2,1,12H3. The molecule has 0 saturated heterocycles. The Morgan fingerprint density at radius 1 is 1.42 bits per heavy atom. The highest BCUT2D eigenvalue weighted by molar-refractivity contribution is 5.97. The second-order valence-electron chi connectivity index (χ2n) is 2.37. The zero-order valence-electron chi connectivity index (χ0n) is 7.71. The van der Waals surface area contributed by atoms with Gasteiger partial charge in [-0.15, -0.1) is 0 Å². The summed E-state index contributed by atoms with van der Waals surface area (Å²) in [5, 5.41) is 0. The molecule has 0 radical (unpaired) electrons. The third kappa shape index (κ3) is 7.49. The lowest BCUT2D eigenvalue weighted by molar-refractivity contribution is -0.137. The molecule has 0 fully saturated rings. The first-order valence-corrected chi connectivity index (χ1v) is 4.91. The van der Waals surface area contributed by atoms with Crippen LogP contribution in [0.5, 0.6) is 0 Å². The minimum atomic E-state index is -0.260. The van der Waals surface area contributed by atoms with Gasteiger partial charge < -0.3 is 9.16 Å². The Labute approximate surface area is 76.3 Å². The zero-order valence-corrected chi connectivity index (χ0v) is 9.71. The molecule has 0 aliphatic heterocycles. The summed E-state index contributed by atoms with van der Waals surface area (Å²) in [4.78, 5) is 10.7. The summed E-state index contributed by atoms with van der Waals surface area (Å²) in [6.45, 7) is 3.07. The number of ether oxygens (including phenoxy) is 1. The first-order valence-electron chi connectivity index (χ1n) is 4.09. The van der Waals surface area contributed by atoms with Gasteiger partial charge in [-0.25, -0.2) is 4.79 Å². The van der Waals surface area contributed by atoms with E-state index in [-0.39, 0.29) is 5.97 Å². The van der Waals surface area contributed by atoms with Crippen LogP contribution in [0.3, 0.4) is 0 Å². The molecule has 0 unspecified atom stereocenters. The van der Waals surface area contributed by atoms with Crippen LogP contribution in [-0.2, 0) is 14.0 Å². The molecule has 70 valence electrons. The van der Waals surface area contributed by atoms with E-state index in [1.54, 1.807) is 13.0 Å². The van der Waals surface area contributed by atoms with Gasteiger partial charge in [0.1, 0.15) is 10.5 Å². The molecule has 0 N–H and O–H groups in total. The van der Waals surface area contributed by atoms with Gasteiger partial charge in [-0.1, -0.05) is 6.08 Å². The number of carbonyl (C=O) groups is 1.